The van der Waals surface area contributed by atoms with Crippen molar-refractivity contribution in [3.05, 3.63) is 131 Å². The van der Waals surface area contributed by atoms with Crippen LogP contribution in [-0.4, -0.2) is 32.5 Å². The molecule has 6 rings (SSSR count). The van der Waals surface area contributed by atoms with Crippen molar-refractivity contribution in [2.45, 2.75) is 45.5 Å². The Morgan fingerprint density at radius 2 is 1.65 bits per heavy atom. The highest BCUT2D eigenvalue weighted by molar-refractivity contribution is 6.05. The lowest BCUT2D eigenvalue weighted by molar-refractivity contribution is -0.276. The number of Topliss-reactive ketones (excluding diaryl/α,β-unsaturated/α-hetero) is 1. The summed E-state index contributed by atoms with van der Waals surface area (Å²) in [6.45, 7) is 4.15. The van der Waals surface area contributed by atoms with E-state index in [4.69, 9.17) is 9.47 Å². The lowest BCUT2D eigenvalue weighted by Gasteiger charge is -2.41. The molecule has 0 radical (unpaired) electrons. The molecular weight excluding hydrogens is 542 g/mol. The molecule has 2 N–H and O–H groups in total. The maximum Gasteiger partial charge on any atom is 0.255 e. The molecule has 1 unspecified atom stereocenters. The van der Waals surface area contributed by atoms with E-state index in [-0.39, 0.29) is 36.4 Å². The van der Waals surface area contributed by atoms with E-state index in [2.05, 4.69) is 21.8 Å². The first-order valence-electron chi connectivity index (χ1n) is 14.3. The molecule has 1 aliphatic rings. The van der Waals surface area contributed by atoms with E-state index in [9.17, 15) is 14.7 Å². The Hall–Kier alpha value is -4.63. The molecule has 0 aliphatic carbocycles. The molecule has 2 heterocycles. The van der Waals surface area contributed by atoms with Crippen molar-refractivity contribution in [3.63, 3.8) is 0 Å². The largest absolute Gasteiger partial charge is 0.392 e. The summed E-state index contributed by atoms with van der Waals surface area (Å²) in [6, 6.07) is 29.9. The van der Waals surface area contributed by atoms with Crippen molar-refractivity contribution in [2.75, 3.05) is 5.32 Å². The molecule has 1 fully saturated rings. The molecule has 218 valence electrons. The number of rotatable bonds is 8. The molecule has 1 amide bonds. The summed E-state index contributed by atoms with van der Waals surface area (Å²) >= 11 is 0. The predicted octanol–water partition coefficient (Wildman–Crippen LogP) is 6.48. The minimum absolute atomic E-state index is 0.0163. The van der Waals surface area contributed by atoms with Gasteiger partial charge in [0.25, 0.3) is 5.91 Å². The van der Waals surface area contributed by atoms with Crippen molar-refractivity contribution in [1.29, 1.82) is 0 Å². The normalized spacial score (nSPS) is 20.2. The molecule has 1 aromatic heterocycles. The molecule has 1 saturated heterocycles. The van der Waals surface area contributed by atoms with Crippen molar-refractivity contribution in [1.82, 2.24) is 9.55 Å². The quantitative estimate of drug-likeness (QED) is 0.206. The number of imidazole rings is 1. The van der Waals surface area contributed by atoms with Gasteiger partial charge in [0, 0.05) is 28.3 Å². The van der Waals surface area contributed by atoms with E-state index in [0.717, 1.165) is 27.7 Å². The second kappa shape index (κ2) is 12.3. The van der Waals surface area contributed by atoms with Crippen LogP contribution in [0.5, 0.6) is 0 Å². The number of aliphatic hydroxyl groups excluding tert-OH is 1. The van der Waals surface area contributed by atoms with Gasteiger partial charge in [-0.25, -0.2) is 4.98 Å². The van der Waals surface area contributed by atoms with Gasteiger partial charge >= 0.3 is 0 Å². The predicted molar refractivity (Wildman–Crippen MR) is 164 cm³/mol. The van der Waals surface area contributed by atoms with Gasteiger partial charge in [-0.15, -0.1) is 0 Å². The third-order valence-electron chi connectivity index (χ3n) is 7.98. The number of hydrogen-bond donors (Lipinski definition) is 2. The molecular formula is C35H33N3O5. The van der Waals surface area contributed by atoms with Crippen LogP contribution in [0, 0.1) is 5.92 Å². The Morgan fingerprint density at radius 1 is 0.884 bits per heavy atom. The van der Waals surface area contributed by atoms with E-state index in [1.54, 1.807) is 36.4 Å². The van der Waals surface area contributed by atoms with Crippen LogP contribution in [0.1, 0.15) is 63.6 Å². The Bertz CT molecular complexity index is 1760. The molecule has 43 heavy (non-hydrogen) atoms. The van der Waals surface area contributed by atoms with Gasteiger partial charge in [0.1, 0.15) is 0 Å². The maximum atomic E-state index is 13.2. The first-order chi connectivity index (χ1) is 20.9. The average Bonchev–Trinajstić information content (AvgIpc) is 3.45. The zero-order valence-corrected chi connectivity index (χ0v) is 24.0. The Balaban J connectivity index is 1.29. The second-order valence-electron chi connectivity index (χ2n) is 10.9. The minimum Gasteiger partial charge on any atom is -0.392 e. The van der Waals surface area contributed by atoms with E-state index in [1.165, 1.54) is 6.92 Å². The molecule has 8 heteroatoms. The summed E-state index contributed by atoms with van der Waals surface area (Å²) in [6.07, 6.45) is 0.582. The number of nitrogens with zero attached hydrogens (tertiary/aromatic N) is 2. The van der Waals surface area contributed by atoms with Crippen LogP contribution in [0.4, 0.5) is 5.69 Å². The number of hydrogen-bond acceptors (Lipinski definition) is 6. The molecule has 0 saturated carbocycles. The smallest absolute Gasteiger partial charge is 0.255 e. The third-order valence-corrected chi connectivity index (χ3v) is 7.98. The van der Waals surface area contributed by atoms with Gasteiger partial charge in [-0.3, -0.25) is 9.59 Å². The van der Waals surface area contributed by atoms with Crippen molar-refractivity contribution in [2.24, 2.45) is 5.92 Å². The molecule has 0 spiro atoms. The third kappa shape index (κ3) is 6.12. The fraction of sp³-hybridized carbons (Fsp3) is 0.229. The van der Waals surface area contributed by atoms with Crippen molar-refractivity contribution in [3.8, 4) is 0 Å². The number of carbonyl (C=O) groups is 2. The molecule has 8 nitrogen and oxygen atoms in total. The molecule has 4 aromatic carbocycles. The fourth-order valence-electron chi connectivity index (χ4n) is 5.52. The van der Waals surface area contributed by atoms with Crippen LogP contribution in [0.3, 0.4) is 0 Å². The number of carbonyl (C=O) groups excluding carboxylic acids is 2. The van der Waals surface area contributed by atoms with Gasteiger partial charge in [0.15, 0.2) is 12.1 Å². The van der Waals surface area contributed by atoms with Crippen LogP contribution in [-0.2, 0) is 22.6 Å². The lowest BCUT2D eigenvalue weighted by Crippen LogP contribution is -2.39. The summed E-state index contributed by atoms with van der Waals surface area (Å²) in [5.74, 6) is -0.389. The number of aromatic nitrogens is 2. The molecule has 4 atom stereocenters. The van der Waals surface area contributed by atoms with Crippen molar-refractivity contribution >= 4 is 28.4 Å². The van der Waals surface area contributed by atoms with Gasteiger partial charge in [-0.1, -0.05) is 67.6 Å². The molecule has 5 aromatic rings. The van der Waals surface area contributed by atoms with Gasteiger partial charge < -0.3 is 24.5 Å². The van der Waals surface area contributed by atoms with Gasteiger partial charge in [-0.2, -0.15) is 0 Å². The topological polar surface area (TPSA) is 103 Å². The van der Waals surface area contributed by atoms with Crippen LogP contribution in [0.25, 0.3) is 11.0 Å². The number of ether oxygens (including phenoxy) is 2. The first-order valence-corrected chi connectivity index (χ1v) is 14.3. The van der Waals surface area contributed by atoms with Gasteiger partial charge in [0.2, 0.25) is 0 Å². The highest BCUT2D eigenvalue weighted by atomic mass is 16.7. The fourth-order valence-corrected chi connectivity index (χ4v) is 5.52. The van der Waals surface area contributed by atoms with Gasteiger partial charge in [0.05, 0.1) is 42.7 Å². The van der Waals surface area contributed by atoms with E-state index >= 15 is 0 Å². The maximum absolute atomic E-state index is 13.2. The van der Waals surface area contributed by atoms with E-state index < -0.39 is 6.29 Å². The second-order valence-corrected chi connectivity index (χ2v) is 10.9. The summed E-state index contributed by atoms with van der Waals surface area (Å²) in [5.41, 5.74) is 5.99. The van der Waals surface area contributed by atoms with E-state index in [1.807, 2.05) is 67.0 Å². The zero-order chi connectivity index (χ0) is 29.9. The summed E-state index contributed by atoms with van der Waals surface area (Å²) < 4.78 is 15.3. The lowest BCUT2D eigenvalue weighted by atomic mass is 9.90. The first kappa shape index (κ1) is 28.5. The van der Waals surface area contributed by atoms with Crippen LogP contribution >= 0.6 is 0 Å². The average molecular weight is 576 g/mol. The SMILES string of the molecule is CC(=O)c1cccc(NC(=O)c2cccc(C3O[C@H](Cn4cnc5ccccc54)[C@H](C)[C@H](c4ccc(CO)cc4)O3)c2)c1. The number of para-hydroxylation sites is 2. The highest BCUT2D eigenvalue weighted by Crippen LogP contribution is 2.42. The van der Waals surface area contributed by atoms with Gasteiger partial charge in [-0.05, 0) is 54.4 Å². The number of benzene rings is 4. The molecule has 0 bridgehead atoms. The summed E-state index contributed by atoms with van der Waals surface area (Å²) in [7, 11) is 0. The molecule has 1 aliphatic heterocycles. The highest BCUT2D eigenvalue weighted by Gasteiger charge is 2.39. The number of fused-ring (bicyclic) bond motifs is 1. The monoisotopic (exact) mass is 575 g/mol. The standard InChI is InChI=1S/C35H33N3O5/c1-22-32(19-38-21-36-30-11-3-4-12-31(30)38)42-35(43-33(22)25-15-13-24(20-39)14-16-25)28-9-5-8-27(17-28)34(41)37-29-10-6-7-26(18-29)23(2)40/h3-18,21-22,32-33,35,39H,19-20H2,1-2H3,(H,37,41)/t22-,32+,33+,35?/m0/s1. The minimum atomic E-state index is -0.729. The number of aliphatic hydroxyl groups is 1. The Kier molecular flexibility index (Phi) is 8.16. The number of nitrogens with one attached hydrogen (secondary N) is 1. The van der Waals surface area contributed by atoms with Crippen molar-refractivity contribution < 1.29 is 24.2 Å². The van der Waals surface area contributed by atoms with Crippen LogP contribution in [0.2, 0.25) is 0 Å². The number of ketones is 1. The zero-order valence-electron chi connectivity index (χ0n) is 24.0. The van der Waals surface area contributed by atoms with Crippen LogP contribution < -0.4 is 5.32 Å². The summed E-state index contributed by atoms with van der Waals surface area (Å²) in [5, 5.41) is 12.4. The Labute approximate surface area is 249 Å². The Morgan fingerprint density at radius 3 is 2.44 bits per heavy atom. The summed E-state index contributed by atoms with van der Waals surface area (Å²) in [4.78, 5) is 29.6. The number of amides is 1. The van der Waals surface area contributed by atoms with Crippen LogP contribution in [0.15, 0.2) is 103 Å². The number of anilines is 1. The van der Waals surface area contributed by atoms with E-state index in [0.29, 0.717) is 23.4 Å².